The van der Waals surface area contributed by atoms with Gasteiger partial charge >= 0.3 is 0 Å². The highest BCUT2D eigenvalue weighted by Crippen LogP contribution is 2.28. The van der Waals surface area contributed by atoms with E-state index in [2.05, 4.69) is 24.0 Å². The van der Waals surface area contributed by atoms with Gasteiger partial charge in [-0.25, -0.2) is 0 Å². The van der Waals surface area contributed by atoms with E-state index in [4.69, 9.17) is 17.3 Å². The molecule has 2 aromatic rings. The molecular formula is C17H24Cl2N4O. The first-order chi connectivity index (χ1) is 10.9. The maximum atomic E-state index is 12.7. The van der Waals surface area contributed by atoms with Crippen molar-refractivity contribution < 1.29 is 4.79 Å². The standard InChI is InChI=1S/C17H23ClN4O.ClH/c1-11(2)15(19)8-9-22(3)17(23)13-10-20-21-16(13)12-6-4-5-7-14(12)18;/h4-7,10-11,15H,8-9,19H2,1-3H3,(H,20,21);1H. The fourth-order valence-electron chi connectivity index (χ4n) is 2.30. The van der Waals surface area contributed by atoms with Crippen molar-refractivity contribution in [2.75, 3.05) is 13.6 Å². The molecular weight excluding hydrogens is 347 g/mol. The number of halogens is 2. The smallest absolute Gasteiger partial charge is 0.257 e. The Hall–Kier alpha value is -1.56. The lowest BCUT2D eigenvalue weighted by atomic mass is 10.0. The maximum Gasteiger partial charge on any atom is 0.257 e. The minimum Gasteiger partial charge on any atom is -0.342 e. The molecule has 1 unspecified atom stereocenters. The van der Waals surface area contributed by atoms with Gasteiger partial charge in [-0.3, -0.25) is 9.89 Å². The second-order valence-corrected chi connectivity index (χ2v) is 6.47. The van der Waals surface area contributed by atoms with E-state index < -0.39 is 0 Å². The van der Waals surface area contributed by atoms with Crippen LogP contribution in [0, 0.1) is 5.92 Å². The summed E-state index contributed by atoms with van der Waals surface area (Å²) >= 11 is 6.22. The molecule has 0 spiro atoms. The Balaban J connectivity index is 0.00000288. The summed E-state index contributed by atoms with van der Waals surface area (Å²) in [5, 5.41) is 7.46. The van der Waals surface area contributed by atoms with E-state index in [-0.39, 0.29) is 24.4 Å². The Morgan fingerprint density at radius 1 is 1.38 bits per heavy atom. The van der Waals surface area contributed by atoms with Crippen LogP contribution in [0.1, 0.15) is 30.6 Å². The molecule has 1 heterocycles. The molecule has 1 aromatic carbocycles. The van der Waals surface area contributed by atoms with Crippen molar-refractivity contribution in [1.29, 1.82) is 0 Å². The van der Waals surface area contributed by atoms with E-state index in [1.807, 2.05) is 18.2 Å². The Morgan fingerprint density at radius 3 is 2.67 bits per heavy atom. The number of aromatic amines is 1. The van der Waals surface area contributed by atoms with Gasteiger partial charge in [0.25, 0.3) is 5.91 Å². The topological polar surface area (TPSA) is 75.0 Å². The van der Waals surface area contributed by atoms with E-state index in [0.29, 0.717) is 28.7 Å². The number of rotatable bonds is 6. The number of carbonyl (C=O) groups is 1. The molecule has 2 rings (SSSR count). The number of carbonyl (C=O) groups excluding carboxylic acids is 1. The monoisotopic (exact) mass is 370 g/mol. The zero-order chi connectivity index (χ0) is 17.0. The molecule has 0 aliphatic carbocycles. The molecule has 5 nitrogen and oxygen atoms in total. The predicted molar refractivity (Wildman–Crippen MR) is 101 cm³/mol. The number of hydrogen-bond acceptors (Lipinski definition) is 3. The Morgan fingerprint density at radius 2 is 2.04 bits per heavy atom. The van der Waals surface area contributed by atoms with Gasteiger partial charge < -0.3 is 10.6 Å². The summed E-state index contributed by atoms with van der Waals surface area (Å²) in [7, 11) is 1.78. The van der Waals surface area contributed by atoms with Gasteiger partial charge in [0, 0.05) is 30.2 Å². The van der Waals surface area contributed by atoms with Crippen LogP contribution in [-0.2, 0) is 0 Å². The Kier molecular flexibility index (Phi) is 7.73. The number of benzene rings is 1. The molecule has 0 aliphatic heterocycles. The van der Waals surface area contributed by atoms with Crippen LogP contribution in [0.15, 0.2) is 30.5 Å². The van der Waals surface area contributed by atoms with E-state index in [0.717, 1.165) is 12.0 Å². The lowest BCUT2D eigenvalue weighted by Crippen LogP contribution is -2.34. The molecule has 24 heavy (non-hydrogen) atoms. The van der Waals surface area contributed by atoms with Crippen LogP contribution in [0.25, 0.3) is 11.3 Å². The Bertz CT molecular complexity index is 672. The number of hydrogen-bond donors (Lipinski definition) is 2. The summed E-state index contributed by atoms with van der Waals surface area (Å²) in [6.07, 6.45) is 2.30. The van der Waals surface area contributed by atoms with Gasteiger partial charge in [0.1, 0.15) is 0 Å². The van der Waals surface area contributed by atoms with Gasteiger partial charge in [-0.1, -0.05) is 43.6 Å². The lowest BCUT2D eigenvalue weighted by molar-refractivity contribution is 0.0790. The summed E-state index contributed by atoms with van der Waals surface area (Å²) in [5.74, 6) is 0.302. The molecule has 132 valence electrons. The highest BCUT2D eigenvalue weighted by Gasteiger charge is 2.20. The molecule has 0 aliphatic rings. The van der Waals surface area contributed by atoms with Gasteiger partial charge in [0.15, 0.2) is 0 Å². The minimum absolute atomic E-state index is 0. The van der Waals surface area contributed by atoms with Crippen LogP contribution in [-0.4, -0.2) is 40.6 Å². The number of H-pyrrole nitrogens is 1. The van der Waals surface area contributed by atoms with Crippen LogP contribution in [0.5, 0.6) is 0 Å². The van der Waals surface area contributed by atoms with Crippen molar-refractivity contribution in [3.05, 3.63) is 41.0 Å². The van der Waals surface area contributed by atoms with Gasteiger partial charge in [-0.15, -0.1) is 12.4 Å². The molecule has 0 fully saturated rings. The molecule has 1 aromatic heterocycles. The van der Waals surface area contributed by atoms with Crippen LogP contribution in [0.4, 0.5) is 0 Å². The second-order valence-electron chi connectivity index (χ2n) is 6.06. The van der Waals surface area contributed by atoms with Crippen LogP contribution >= 0.6 is 24.0 Å². The molecule has 0 radical (unpaired) electrons. The average molecular weight is 371 g/mol. The summed E-state index contributed by atoms with van der Waals surface area (Å²) < 4.78 is 0. The average Bonchev–Trinajstić information content (AvgIpc) is 3.01. The van der Waals surface area contributed by atoms with Gasteiger partial charge in [-0.2, -0.15) is 5.10 Å². The van der Waals surface area contributed by atoms with Gasteiger partial charge in [0.2, 0.25) is 0 Å². The summed E-state index contributed by atoms with van der Waals surface area (Å²) in [6.45, 7) is 4.77. The third kappa shape index (κ3) is 4.72. The summed E-state index contributed by atoms with van der Waals surface area (Å²) in [4.78, 5) is 14.3. The van der Waals surface area contributed by atoms with Crippen LogP contribution in [0.2, 0.25) is 5.02 Å². The first kappa shape index (κ1) is 20.5. The molecule has 1 atom stereocenters. The van der Waals surface area contributed by atoms with Crippen molar-refractivity contribution in [1.82, 2.24) is 15.1 Å². The van der Waals surface area contributed by atoms with Crippen molar-refractivity contribution in [3.63, 3.8) is 0 Å². The molecule has 0 saturated heterocycles. The van der Waals surface area contributed by atoms with Crippen molar-refractivity contribution in [2.45, 2.75) is 26.3 Å². The molecule has 7 heteroatoms. The van der Waals surface area contributed by atoms with Crippen LogP contribution < -0.4 is 5.73 Å². The fraction of sp³-hybridized carbons (Fsp3) is 0.412. The van der Waals surface area contributed by atoms with E-state index in [9.17, 15) is 4.79 Å². The number of nitrogens with one attached hydrogen (secondary N) is 1. The fourth-order valence-corrected chi connectivity index (χ4v) is 2.53. The number of nitrogens with zero attached hydrogens (tertiary/aromatic N) is 2. The third-order valence-corrected chi connectivity index (χ3v) is 4.34. The highest BCUT2D eigenvalue weighted by atomic mass is 35.5. The lowest BCUT2D eigenvalue weighted by Gasteiger charge is -2.21. The quantitative estimate of drug-likeness (QED) is 0.815. The maximum absolute atomic E-state index is 12.7. The van der Waals surface area contributed by atoms with Crippen molar-refractivity contribution in [2.24, 2.45) is 11.7 Å². The van der Waals surface area contributed by atoms with E-state index in [1.54, 1.807) is 24.2 Å². The normalized spacial score (nSPS) is 11.9. The summed E-state index contributed by atoms with van der Waals surface area (Å²) in [5.41, 5.74) is 7.97. The van der Waals surface area contributed by atoms with E-state index >= 15 is 0 Å². The van der Waals surface area contributed by atoms with Gasteiger partial charge in [0.05, 0.1) is 17.5 Å². The second kappa shape index (κ2) is 9.06. The summed E-state index contributed by atoms with van der Waals surface area (Å²) in [6, 6.07) is 7.46. The third-order valence-electron chi connectivity index (χ3n) is 4.01. The van der Waals surface area contributed by atoms with Crippen molar-refractivity contribution >= 4 is 29.9 Å². The number of amides is 1. The molecule has 0 bridgehead atoms. The SMILES string of the molecule is CC(C)C(N)CCN(C)C(=O)c1cn[nH]c1-c1ccccc1Cl.Cl. The van der Waals surface area contributed by atoms with Crippen LogP contribution in [0.3, 0.4) is 0 Å². The molecule has 1 amide bonds. The highest BCUT2D eigenvalue weighted by molar-refractivity contribution is 6.33. The largest absolute Gasteiger partial charge is 0.342 e. The minimum atomic E-state index is -0.0929. The first-order valence-electron chi connectivity index (χ1n) is 7.71. The molecule has 3 N–H and O–H groups in total. The zero-order valence-corrected chi connectivity index (χ0v) is 15.7. The first-order valence-corrected chi connectivity index (χ1v) is 8.09. The van der Waals surface area contributed by atoms with Gasteiger partial charge in [-0.05, 0) is 18.4 Å². The van der Waals surface area contributed by atoms with E-state index in [1.165, 1.54) is 0 Å². The zero-order valence-electron chi connectivity index (χ0n) is 14.1. The van der Waals surface area contributed by atoms with Crippen molar-refractivity contribution in [3.8, 4) is 11.3 Å². The number of aromatic nitrogens is 2. The Labute approximate surface area is 154 Å². The predicted octanol–water partition coefficient (Wildman–Crippen LogP) is 3.60. The molecule has 0 saturated carbocycles. The number of nitrogens with two attached hydrogens (primary N) is 1.